The van der Waals surface area contributed by atoms with Gasteiger partial charge in [-0.3, -0.25) is 4.79 Å². The molecule has 0 radical (unpaired) electrons. The van der Waals surface area contributed by atoms with Crippen LogP contribution in [0.25, 0.3) is 11.1 Å². The van der Waals surface area contributed by atoms with Crippen molar-refractivity contribution in [1.82, 2.24) is 0 Å². The van der Waals surface area contributed by atoms with Gasteiger partial charge < -0.3 is 10.4 Å². The molecule has 0 saturated carbocycles. The van der Waals surface area contributed by atoms with Gasteiger partial charge in [0.05, 0.1) is 5.69 Å². The van der Waals surface area contributed by atoms with Crippen LogP contribution >= 0.6 is 43.6 Å². The normalized spacial score (nSPS) is 13.4. The average Bonchev–Trinajstić information content (AvgIpc) is 2.48. The van der Waals surface area contributed by atoms with Crippen molar-refractivity contribution in [2.45, 2.75) is 31.8 Å². The zero-order valence-corrected chi connectivity index (χ0v) is 19.7. The van der Waals surface area contributed by atoms with E-state index < -0.39 is 4.07 Å². The maximum absolute atomic E-state index is 12.3. The third-order valence-corrected chi connectivity index (χ3v) is 6.03. The molecule has 0 aliphatic rings. The van der Waals surface area contributed by atoms with Crippen molar-refractivity contribution in [3.05, 3.63) is 34.9 Å². The van der Waals surface area contributed by atoms with Crippen molar-refractivity contribution >= 4 is 65.9 Å². The fraction of sp³-hybridized carbons (Fsp3) is 0.278. The molecule has 2 aromatic rings. The minimum Gasteiger partial charge on any atom is -0.506 e. The van der Waals surface area contributed by atoms with Gasteiger partial charge in [0.25, 0.3) is 0 Å². The van der Waals surface area contributed by atoms with E-state index in [1.807, 2.05) is 13.0 Å². The van der Waals surface area contributed by atoms with Crippen molar-refractivity contribution in [2.75, 3.05) is 5.32 Å². The van der Waals surface area contributed by atoms with Gasteiger partial charge in [-0.1, -0.05) is 22.0 Å². The Labute approximate surface area is 164 Å². The monoisotopic (exact) mass is 457 g/mol. The van der Waals surface area contributed by atoms with Gasteiger partial charge in [0.1, 0.15) is 9.81 Å². The lowest BCUT2D eigenvalue weighted by molar-refractivity contribution is -0.116. The Kier molecular flexibility index (Phi) is 6.33. The molecule has 4 unspecified atom stereocenters. The van der Waals surface area contributed by atoms with Crippen LogP contribution in [-0.4, -0.2) is 15.1 Å². The van der Waals surface area contributed by atoms with E-state index in [9.17, 15) is 9.90 Å². The van der Waals surface area contributed by atoms with Gasteiger partial charge in [-0.2, -0.15) is 0 Å². The third-order valence-electron chi connectivity index (χ3n) is 4.23. The highest BCUT2D eigenvalue weighted by atomic mass is 79.9. The molecule has 2 aromatic carbocycles. The summed E-state index contributed by atoms with van der Waals surface area (Å²) in [6.45, 7) is 7.86. The summed E-state index contributed by atoms with van der Waals surface area (Å²) < 4.78 is -0.803. The van der Waals surface area contributed by atoms with E-state index in [4.69, 9.17) is 0 Å². The Balaban J connectivity index is 2.63. The van der Waals surface area contributed by atoms with Crippen LogP contribution in [0.4, 0.5) is 5.69 Å². The van der Waals surface area contributed by atoms with E-state index >= 15 is 0 Å². The first-order chi connectivity index (χ1) is 11.4. The second kappa shape index (κ2) is 7.61. The third kappa shape index (κ3) is 4.42. The summed E-state index contributed by atoms with van der Waals surface area (Å²) in [5.41, 5.74) is 5.83. The highest BCUT2D eigenvalue weighted by Crippen LogP contribution is 2.35. The number of carbonyl (C=O) groups is 1. The van der Waals surface area contributed by atoms with Crippen LogP contribution in [0.1, 0.15) is 23.6 Å². The Bertz CT molecular complexity index is 861. The molecule has 134 valence electrons. The number of hydrogen-bond donors (Lipinski definition) is 2. The van der Waals surface area contributed by atoms with E-state index in [1.165, 1.54) is 11.1 Å². The van der Waals surface area contributed by atoms with Crippen molar-refractivity contribution in [3.8, 4) is 16.9 Å². The standard InChI is InChI=1S/C18H23BrNO2P3/c1-8-6-14(23)15(16(24)10(8)3)11-7-12(13(21)5-9(11)2)20-17(22)18(4,19)25/h5-7,21H,23-25H2,1-4H3,(H,20,22). The topological polar surface area (TPSA) is 49.3 Å². The average molecular weight is 458 g/mol. The molecule has 2 rings (SSSR count). The molecule has 0 saturated heterocycles. The van der Waals surface area contributed by atoms with Crippen LogP contribution in [0.3, 0.4) is 0 Å². The maximum Gasteiger partial charge on any atom is 0.244 e. The minimum atomic E-state index is -0.803. The molecule has 0 heterocycles. The first kappa shape index (κ1) is 20.8. The molecular weight excluding hydrogens is 435 g/mol. The number of aromatic hydroxyl groups is 1. The maximum atomic E-state index is 12.3. The Morgan fingerprint density at radius 2 is 1.76 bits per heavy atom. The summed E-state index contributed by atoms with van der Waals surface area (Å²) in [5, 5.41) is 15.2. The first-order valence-corrected chi connectivity index (χ1v) is 10.2. The largest absolute Gasteiger partial charge is 0.506 e. The number of aryl methyl sites for hydroxylation is 2. The van der Waals surface area contributed by atoms with Crippen LogP contribution in [0.2, 0.25) is 0 Å². The Morgan fingerprint density at radius 3 is 2.32 bits per heavy atom. The highest BCUT2D eigenvalue weighted by molar-refractivity contribution is 9.11. The predicted molar refractivity (Wildman–Crippen MR) is 122 cm³/mol. The molecule has 0 aromatic heterocycles. The fourth-order valence-electron chi connectivity index (χ4n) is 2.58. The Hall–Kier alpha value is -0.520. The van der Waals surface area contributed by atoms with Crippen molar-refractivity contribution < 1.29 is 9.90 Å². The van der Waals surface area contributed by atoms with Gasteiger partial charge in [-0.15, -0.1) is 27.7 Å². The number of halogens is 1. The van der Waals surface area contributed by atoms with Gasteiger partial charge in [-0.05, 0) is 78.3 Å². The smallest absolute Gasteiger partial charge is 0.244 e. The molecule has 0 spiro atoms. The number of hydrogen-bond acceptors (Lipinski definition) is 2. The number of rotatable bonds is 3. The number of carbonyl (C=O) groups excluding carboxylic acids is 1. The lowest BCUT2D eigenvalue weighted by Gasteiger charge is -2.20. The van der Waals surface area contributed by atoms with E-state index in [2.05, 4.69) is 68.9 Å². The van der Waals surface area contributed by atoms with Crippen molar-refractivity contribution in [3.63, 3.8) is 0 Å². The van der Waals surface area contributed by atoms with Gasteiger partial charge in [0.15, 0.2) is 0 Å². The van der Waals surface area contributed by atoms with Gasteiger partial charge in [0, 0.05) is 0 Å². The predicted octanol–water partition coefficient (Wildman–Crippen LogP) is 3.91. The van der Waals surface area contributed by atoms with Gasteiger partial charge in [0.2, 0.25) is 5.91 Å². The summed E-state index contributed by atoms with van der Waals surface area (Å²) in [6.07, 6.45) is 0. The first-order valence-electron chi connectivity index (χ1n) is 7.71. The molecule has 7 heteroatoms. The summed E-state index contributed by atoms with van der Waals surface area (Å²) >= 11 is 3.31. The summed E-state index contributed by atoms with van der Waals surface area (Å²) in [6, 6.07) is 5.64. The van der Waals surface area contributed by atoms with Crippen LogP contribution in [-0.2, 0) is 4.79 Å². The molecule has 4 atom stereocenters. The van der Waals surface area contributed by atoms with Crippen molar-refractivity contribution in [1.29, 1.82) is 0 Å². The molecular formula is C18H23BrNO2P3. The van der Waals surface area contributed by atoms with Crippen LogP contribution < -0.4 is 15.9 Å². The summed E-state index contributed by atoms with van der Waals surface area (Å²) in [5.74, 6) is -0.198. The van der Waals surface area contributed by atoms with E-state index in [0.717, 1.165) is 27.3 Å². The minimum absolute atomic E-state index is 0.0517. The van der Waals surface area contributed by atoms with E-state index in [-0.39, 0.29) is 11.7 Å². The Morgan fingerprint density at radius 1 is 1.16 bits per heavy atom. The molecule has 0 aliphatic heterocycles. The number of alkyl halides is 1. The number of anilines is 1. The van der Waals surface area contributed by atoms with E-state index in [1.54, 1.807) is 13.0 Å². The van der Waals surface area contributed by atoms with E-state index in [0.29, 0.717) is 5.69 Å². The fourth-order valence-corrected chi connectivity index (χ4v) is 4.03. The van der Waals surface area contributed by atoms with Crippen molar-refractivity contribution in [2.24, 2.45) is 0 Å². The quantitative estimate of drug-likeness (QED) is 0.417. The SMILES string of the molecule is Cc1cc(O)c(NC(=O)C(C)(P)Br)cc1-c1c(P)cc(C)c(C)c1P. The molecule has 3 nitrogen and oxygen atoms in total. The number of benzene rings is 2. The van der Waals surface area contributed by atoms with Gasteiger partial charge in [-0.25, -0.2) is 0 Å². The molecule has 0 bridgehead atoms. The second-order valence-corrected chi connectivity index (χ2v) is 11.3. The lowest BCUT2D eigenvalue weighted by Crippen LogP contribution is -2.28. The van der Waals surface area contributed by atoms with Crippen LogP contribution in [0.15, 0.2) is 18.2 Å². The zero-order valence-electron chi connectivity index (χ0n) is 14.7. The highest BCUT2D eigenvalue weighted by Gasteiger charge is 2.25. The number of phenolic OH excluding ortho intramolecular Hbond substituents is 1. The number of phenols is 1. The van der Waals surface area contributed by atoms with Crippen LogP contribution in [0, 0.1) is 20.8 Å². The number of amides is 1. The zero-order chi connectivity index (χ0) is 19.1. The second-order valence-electron chi connectivity index (χ2n) is 6.41. The summed E-state index contributed by atoms with van der Waals surface area (Å²) in [7, 11) is 8.03. The number of nitrogens with one attached hydrogen (secondary N) is 1. The molecule has 25 heavy (non-hydrogen) atoms. The molecule has 0 aliphatic carbocycles. The lowest BCUT2D eigenvalue weighted by atomic mass is 9.95. The molecule has 0 fully saturated rings. The molecule has 2 N–H and O–H groups in total. The van der Waals surface area contributed by atoms with Crippen LogP contribution in [0.5, 0.6) is 5.75 Å². The summed E-state index contributed by atoms with van der Waals surface area (Å²) in [4.78, 5) is 12.3. The van der Waals surface area contributed by atoms with Gasteiger partial charge >= 0.3 is 0 Å². The molecule has 1 amide bonds.